The normalized spacial score (nSPS) is 16.1. The highest BCUT2D eigenvalue weighted by molar-refractivity contribution is 5.96. The zero-order chi connectivity index (χ0) is 25.6. The van der Waals surface area contributed by atoms with Crippen molar-refractivity contribution < 1.29 is 26.7 Å². The molecule has 4 aromatic rings. The Bertz CT molecular complexity index is 1510. The van der Waals surface area contributed by atoms with Crippen LogP contribution >= 0.6 is 0 Å². The van der Waals surface area contributed by atoms with Gasteiger partial charge in [-0.1, -0.05) is 24.3 Å². The molecule has 1 unspecified atom stereocenters. The van der Waals surface area contributed by atoms with Gasteiger partial charge in [0.25, 0.3) is 5.56 Å². The molecule has 1 aliphatic rings. The molecule has 2 aromatic heterocycles. The van der Waals surface area contributed by atoms with E-state index in [9.17, 15) is 31.5 Å². The first kappa shape index (κ1) is 23.8. The van der Waals surface area contributed by atoms with Gasteiger partial charge in [-0.25, -0.2) is 8.78 Å². The van der Waals surface area contributed by atoms with Crippen LogP contribution in [0.15, 0.2) is 71.8 Å². The molecule has 1 aliphatic heterocycles. The minimum atomic E-state index is -4.92. The van der Waals surface area contributed by atoms with Crippen molar-refractivity contribution in [2.45, 2.75) is 25.3 Å². The average Bonchev–Trinajstić information content (AvgIpc) is 3.45. The number of carbonyl (C=O) groups is 1. The van der Waals surface area contributed by atoms with Gasteiger partial charge in [0.15, 0.2) is 0 Å². The van der Waals surface area contributed by atoms with Crippen molar-refractivity contribution in [3.63, 3.8) is 0 Å². The number of carbonyl (C=O) groups excluding carboxylic acids is 1. The summed E-state index contributed by atoms with van der Waals surface area (Å²) in [5, 5.41) is 0.0821. The Hall–Kier alpha value is -3.95. The van der Waals surface area contributed by atoms with Gasteiger partial charge in [0.05, 0.1) is 23.0 Å². The lowest BCUT2D eigenvalue weighted by atomic mass is 10.0. The number of para-hydroxylation sites is 1. The molecule has 0 bridgehead atoms. The fraction of sp³-hybridized carbons (Fsp3) is 0.231. The second-order valence-corrected chi connectivity index (χ2v) is 8.68. The van der Waals surface area contributed by atoms with Gasteiger partial charge in [0.2, 0.25) is 5.91 Å². The molecule has 1 fully saturated rings. The largest absolute Gasteiger partial charge is 0.419 e. The molecule has 0 spiro atoms. The van der Waals surface area contributed by atoms with Gasteiger partial charge >= 0.3 is 6.18 Å². The monoisotopic (exact) mass is 501 g/mol. The van der Waals surface area contributed by atoms with Gasteiger partial charge in [0.1, 0.15) is 18.5 Å². The summed E-state index contributed by atoms with van der Waals surface area (Å²) in [5.41, 5.74) is -0.805. The summed E-state index contributed by atoms with van der Waals surface area (Å²) in [7, 11) is 0. The van der Waals surface area contributed by atoms with Crippen LogP contribution in [0.2, 0.25) is 0 Å². The highest BCUT2D eigenvalue weighted by Crippen LogP contribution is 2.37. The van der Waals surface area contributed by atoms with Crippen molar-refractivity contribution in [3.8, 4) is 16.8 Å². The van der Waals surface area contributed by atoms with Crippen LogP contribution in [-0.2, 0) is 17.5 Å². The van der Waals surface area contributed by atoms with Crippen molar-refractivity contribution in [2.75, 3.05) is 13.1 Å². The highest BCUT2D eigenvalue weighted by Gasteiger charge is 2.34. The molecule has 1 amide bonds. The Morgan fingerprint density at radius 3 is 2.47 bits per heavy atom. The maximum atomic E-state index is 14.0. The van der Waals surface area contributed by atoms with E-state index in [4.69, 9.17) is 0 Å². The fourth-order valence-corrected chi connectivity index (χ4v) is 4.53. The smallest absolute Gasteiger partial charge is 0.338 e. The number of hydrogen-bond acceptors (Lipinski definition) is 2. The summed E-state index contributed by atoms with van der Waals surface area (Å²) in [6.07, 6.45) is -2.85. The predicted molar refractivity (Wildman–Crippen MR) is 124 cm³/mol. The second kappa shape index (κ2) is 8.92. The molecule has 0 aliphatic carbocycles. The van der Waals surface area contributed by atoms with E-state index in [-0.39, 0.29) is 42.6 Å². The standard InChI is InChI=1S/C26H20F5N3O2/c27-17-8-10-32(13-17)23(35)15-33-11-9-22-24(25(33)36)19(14-34(22)18-4-2-1-3-5-18)16-6-7-21(28)20(12-16)26(29,30)31/h1-7,9,11-12,14,17H,8,10,13,15H2. The van der Waals surface area contributed by atoms with Crippen LogP contribution in [0.4, 0.5) is 22.0 Å². The van der Waals surface area contributed by atoms with Crippen LogP contribution in [-0.4, -0.2) is 39.2 Å². The van der Waals surface area contributed by atoms with Crippen molar-refractivity contribution >= 4 is 16.8 Å². The molecule has 1 atom stereocenters. The Kier molecular flexibility index (Phi) is 5.89. The molecule has 36 heavy (non-hydrogen) atoms. The summed E-state index contributed by atoms with van der Waals surface area (Å²) in [6, 6.07) is 13.0. The van der Waals surface area contributed by atoms with Crippen molar-refractivity contribution in [2.24, 2.45) is 0 Å². The van der Waals surface area contributed by atoms with E-state index in [2.05, 4.69) is 0 Å². The third-order valence-electron chi connectivity index (χ3n) is 6.34. The number of nitrogens with zero attached hydrogens (tertiary/aromatic N) is 3. The van der Waals surface area contributed by atoms with Crippen LogP contribution < -0.4 is 5.56 Å². The molecule has 2 aromatic carbocycles. The third kappa shape index (κ3) is 4.27. The number of benzene rings is 2. The zero-order valence-electron chi connectivity index (χ0n) is 18.8. The van der Waals surface area contributed by atoms with Crippen molar-refractivity contribution in [1.29, 1.82) is 0 Å². The molecule has 186 valence electrons. The van der Waals surface area contributed by atoms with Gasteiger partial charge in [-0.2, -0.15) is 13.2 Å². The minimum Gasteiger partial charge on any atom is -0.338 e. The lowest BCUT2D eigenvalue weighted by Gasteiger charge is -2.16. The molecule has 3 heterocycles. The van der Waals surface area contributed by atoms with Gasteiger partial charge in [-0.05, 0) is 42.3 Å². The molecule has 1 saturated heterocycles. The van der Waals surface area contributed by atoms with Crippen molar-refractivity contribution in [3.05, 3.63) is 88.7 Å². The van der Waals surface area contributed by atoms with E-state index in [1.165, 1.54) is 23.4 Å². The number of aromatic nitrogens is 2. The SMILES string of the molecule is O=C(Cn1ccc2c(c(-c3ccc(F)c(C(F)(F)F)c3)cn2-c2ccccc2)c1=O)N1CCC(F)C1. The molecular weight excluding hydrogens is 481 g/mol. The molecular formula is C26H20F5N3O2. The van der Waals surface area contributed by atoms with E-state index in [0.717, 1.165) is 10.6 Å². The first-order valence-electron chi connectivity index (χ1n) is 11.2. The zero-order valence-corrected chi connectivity index (χ0v) is 18.8. The van der Waals surface area contributed by atoms with Crippen LogP contribution in [0, 0.1) is 5.82 Å². The number of amides is 1. The molecule has 5 nitrogen and oxygen atoms in total. The summed E-state index contributed by atoms with van der Waals surface area (Å²) >= 11 is 0. The Morgan fingerprint density at radius 1 is 1.06 bits per heavy atom. The lowest BCUT2D eigenvalue weighted by molar-refractivity contribution is -0.140. The maximum Gasteiger partial charge on any atom is 0.419 e. The maximum absolute atomic E-state index is 14.0. The Labute approximate surface area is 202 Å². The molecule has 0 radical (unpaired) electrons. The summed E-state index contributed by atoms with van der Waals surface area (Å²) < 4.78 is 70.6. The van der Waals surface area contributed by atoms with E-state index in [1.54, 1.807) is 41.0 Å². The summed E-state index contributed by atoms with van der Waals surface area (Å²) in [6.45, 7) is -0.127. The van der Waals surface area contributed by atoms with Crippen molar-refractivity contribution in [1.82, 2.24) is 14.0 Å². The van der Waals surface area contributed by atoms with Gasteiger partial charge in [-0.3, -0.25) is 9.59 Å². The first-order valence-corrected chi connectivity index (χ1v) is 11.2. The third-order valence-corrected chi connectivity index (χ3v) is 6.34. The topological polar surface area (TPSA) is 47.2 Å². The summed E-state index contributed by atoms with van der Waals surface area (Å²) in [4.78, 5) is 27.5. The minimum absolute atomic E-state index is 0.00407. The molecule has 0 N–H and O–H groups in total. The van der Waals surface area contributed by atoms with E-state index >= 15 is 0 Å². The van der Waals surface area contributed by atoms with Crippen LogP contribution in [0.25, 0.3) is 27.7 Å². The van der Waals surface area contributed by atoms with Crippen LogP contribution in [0.5, 0.6) is 0 Å². The molecule has 5 rings (SSSR count). The number of alkyl halides is 4. The number of halogens is 5. The van der Waals surface area contributed by atoms with Gasteiger partial charge in [-0.15, -0.1) is 0 Å². The Balaban J connectivity index is 1.68. The first-order chi connectivity index (χ1) is 17.1. The number of fused-ring (bicyclic) bond motifs is 1. The quantitative estimate of drug-likeness (QED) is 0.362. The number of likely N-dealkylation sites (tertiary alicyclic amines) is 1. The Morgan fingerprint density at radius 2 is 1.81 bits per heavy atom. The fourth-order valence-electron chi connectivity index (χ4n) is 4.53. The van der Waals surface area contributed by atoms with Gasteiger partial charge < -0.3 is 14.0 Å². The van der Waals surface area contributed by atoms with E-state index in [1.807, 2.05) is 0 Å². The lowest BCUT2D eigenvalue weighted by Crippen LogP contribution is -2.35. The molecule has 10 heteroatoms. The number of rotatable bonds is 4. The average molecular weight is 501 g/mol. The predicted octanol–water partition coefficient (Wildman–Crippen LogP) is 5.19. The van der Waals surface area contributed by atoms with E-state index in [0.29, 0.717) is 17.3 Å². The number of hydrogen-bond donors (Lipinski definition) is 0. The van der Waals surface area contributed by atoms with Crippen LogP contribution in [0.1, 0.15) is 12.0 Å². The van der Waals surface area contributed by atoms with Crippen LogP contribution in [0.3, 0.4) is 0 Å². The second-order valence-electron chi connectivity index (χ2n) is 8.68. The molecule has 0 saturated carbocycles. The number of pyridine rings is 1. The van der Waals surface area contributed by atoms with E-state index < -0.39 is 35.2 Å². The summed E-state index contributed by atoms with van der Waals surface area (Å²) in [5.74, 6) is -1.85. The van der Waals surface area contributed by atoms with Gasteiger partial charge in [0, 0.05) is 30.2 Å². The highest BCUT2D eigenvalue weighted by atomic mass is 19.4.